The SMILES string of the molecule is CCN(CC)S(=O)(=O)c1ccc(NC(=O)COn2nnc3ccccc32)cc1. The Balaban J connectivity index is 1.61. The summed E-state index contributed by atoms with van der Waals surface area (Å²) in [4.78, 5) is 18.8. The van der Waals surface area contributed by atoms with E-state index in [9.17, 15) is 13.2 Å². The zero-order valence-corrected chi connectivity index (χ0v) is 16.4. The molecule has 0 radical (unpaired) electrons. The fourth-order valence-corrected chi connectivity index (χ4v) is 4.14. The van der Waals surface area contributed by atoms with E-state index in [4.69, 9.17) is 4.84 Å². The molecule has 0 spiro atoms. The fourth-order valence-electron chi connectivity index (χ4n) is 2.68. The van der Waals surface area contributed by atoms with Gasteiger partial charge in [-0.25, -0.2) is 8.42 Å². The molecule has 0 atom stereocenters. The van der Waals surface area contributed by atoms with Gasteiger partial charge in [0.15, 0.2) is 6.61 Å². The van der Waals surface area contributed by atoms with Crippen LogP contribution in [-0.4, -0.2) is 53.5 Å². The van der Waals surface area contributed by atoms with Gasteiger partial charge >= 0.3 is 0 Å². The smallest absolute Gasteiger partial charge is 0.265 e. The molecule has 0 aliphatic heterocycles. The average molecular weight is 403 g/mol. The molecule has 0 saturated carbocycles. The van der Waals surface area contributed by atoms with Gasteiger partial charge in [0.2, 0.25) is 10.0 Å². The Morgan fingerprint density at radius 2 is 1.79 bits per heavy atom. The lowest BCUT2D eigenvalue weighted by molar-refractivity contribution is -0.121. The molecule has 28 heavy (non-hydrogen) atoms. The Morgan fingerprint density at radius 1 is 1.11 bits per heavy atom. The first-order valence-corrected chi connectivity index (χ1v) is 10.2. The standard InChI is InChI=1S/C18H21N5O4S/c1-3-22(4-2)28(25,26)15-11-9-14(10-12-15)19-18(24)13-27-23-17-8-6-5-7-16(17)20-21-23/h5-12H,3-4,13H2,1-2H3,(H,19,24). The van der Waals surface area contributed by atoms with Gasteiger partial charge in [0, 0.05) is 18.8 Å². The van der Waals surface area contributed by atoms with E-state index in [-0.39, 0.29) is 11.5 Å². The van der Waals surface area contributed by atoms with Crippen LogP contribution in [0.25, 0.3) is 11.0 Å². The molecule has 0 aliphatic rings. The van der Waals surface area contributed by atoms with Crippen LogP contribution in [0.5, 0.6) is 0 Å². The summed E-state index contributed by atoms with van der Waals surface area (Å²) in [7, 11) is -3.53. The number of aromatic nitrogens is 3. The molecular formula is C18H21N5O4S. The van der Waals surface area contributed by atoms with E-state index in [0.717, 1.165) is 0 Å². The molecule has 2 aromatic carbocycles. The highest BCUT2D eigenvalue weighted by atomic mass is 32.2. The Hall–Kier alpha value is -2.98. The summed E-state index contributed by atoms with van der Waals surface area (Å²) in [5.74, 6) is -0.404. The predicted molar refractivity (Wildman–Crippen MR) is 104 cm³/mol. The first kappa shape index (κ1) is 19.8. The first-order valence-electron chi connectivity index (χ1n) is 8.79. The highest BCUT2D eigenvalue weighted by molar-refractivity contribution is 7.89. The molecule has 0 bridgehead atoms. The zero-order chi connectivity index (χ0) is 20.1. The highest BCUT2D eigenvalue weighted by Gasteiger charge is 2.21. The van der Waals surface area contributed by atoms with Gasteiger partial charge in [0.05, 0.1) is 4.90 Å². The lowest BCUT2D eigenvalue weighted by atomic mass is 10.3. The van der Waals surface area contributed by atoms with Crippen molar-refractivity contribution in [2.75, 3.05) is 25.0 Å². The van der Waals surface area contributed by atoms with Crippen molar-refractivity contribution in [3.05, 3.63) is 48.5 Å². The van der Waals surface area contributed by atoms with Crippen LogP contribution in [0.2, 0.25) is 0 Å². The van der Waals surface area contributed by atoms with Crippen molar-refractivity contribution in [1.29, 1.82) is 0 Å². The molecular weight excluding hydrogens is 382 g/mol. The maximum absolute atomic E-state index is 12.5. The Kier molecular flexibility index (Phi) is 5.90. The maximum Gasteiger partial charge on any atom is 0.265 e. The number of hydrogen-bond acceptors (Lipinski definition) is 6. The summed E-state index contributed by atoms with van der Waals surface area (Å²) < 4.78 is 26.3. The second-order valence-corrected chi connectivity index (χ2v) is 7.82. The molecule has 148 valence electrons. The minimum Gasteiger partial charge on any atom is -0.385 e. The number of carbonyl (C=O) groups excluding carboxylic acids is 1. The predicted octanol–water partition coefficient (Wildman–Crippen LogP) is 1.53. The van der Waals surface area contributed by atoms with Gasteiger partial charge in [-0.2, -0.15) is 4.31 Å². The highest BCUT2D eigenvalue weighted by Crippen LogP contribution is 2.18. The van der Waals surface area contributed by atoms with Crippen molar-refractivity contribution in [2.45, 2.75) is 18.7 Å². The summed E-state index contributed by atoms with van der Waals surface area (Å²) >= 11 is 0. The van der Waals surface area contributed by atoms with E-state index in [2.05, 4.69) is 15.6 Å². The van der Waals surface area contributed by atoms with Gasteiger partial charge in [-0.1, -0.05) is 30.8 Å². The van der Waals surface area contributed by atoms with Gasteiger partial charge in [-0.15, -0.1) is 5.10 Å². The van der Waals surface area contributed by atoms with Crippen LogP contribution < -0.4 is 10.2 Å². The number of nitrogens with one attached hydrogen (secondary N) is 1. The molecule has 1 N–H and O–H groups in total. The van der Waals surface area contributed by atoms with E-state index in [0.29, 0.717) is 29.8 Å². The van der Waals surface area contributed by atoms with Crippen LogP contribution in [0.4, 0.5) is 5.69 Å². The molecule has 0 aliphatic carbocycles. The largest absolute Gasteiger partial charge is 0.385 e. The number of para-hydroxylation sites is 1. The summed E-state index contributed by atoms with van der Waals surface area (Å²) in [6.07, 6.45) is 0. The summed E-state index contributed by atoms with van der Waals surface area (Å²) in [6, 6.07) is 13.2. The molecule has 0 unspecified atom stereocenters. The molecule has 1 amide bonds. The molecule has 3 rings (SSSR count). The molecule has 3 aromatic rings. The van der Waals surface area contributed by atoms with Crippen molar-refractivity contribution < 1.29 is 18.0 Å². The molecule has 1 aromatic heterocycles. The number of hydrogen-bond donors (Lipinski definition) is 1. The van der Waals surface area contributed by atoms with E-state index < -0.39 is 15.9 Å². The third kappa shape index (κ3) is 4.12. The topological polar surface area (TPSA) is 106 Å². The number of sulfonamides is 1. The first-order chi connectivity index (χ1) is 13.5. The third-order valence-electron chi connectivity index (χ3n) is 4.12. The minimum absolute atomic E-state index is 0.180. The third-order valence-corrected chi connectivity index (χ3v) is 6.18. The van der Waals surface area contributed by atoms with Crippen LogP contribution in [-0.2, 0) is 14.8 Å². The minimum atomic E-state index is -3.53. The molecule has 9 nitrogen and oxygen atoms in total. The lowest BCUT2D eigenvalue weighted by Crippen LogP contribution is -2.30. The molecule has 0 saturated heterocycles. The van der Waals surface area contributed by atoms with Crippen LogP contribution in [0.1, 0.15) is 13.8 Å². The van der Waals surface area contributed by atoms with Crippen molar-refractivity contribution in [2.24, 2.45) is 0 Å². The van der Waals surface area contributed by atoms with Crippen molar-refractivity contribution in [3.8, 4) is 0 Å². The van der Waals surface area contributed by atoms with E-state index >= 15 is 0 Å². The summed E-state index contributed by atoms with van der Waals surface area (Å²) in [5, 5.41) is 10.4. The van der Waals surface area contributed by atoms with Gasteiger partial charge < -0.3 is 10.2 Å². The fraction of sp³-hybridized carbons (Fsp3) is 0.278. The summed E-state index contributed by atoms with van der Waals surface area (Å²) in [6.45, 7) is 4.09. The van der Waals surface area contributed by atoms with Gasteiger partial charge in [-0.05, 0) is 41.6 Å². The average Bonchev–Trinajstić information content (AvgIpc) is 3.11. The molecule has 0 fully saturated rings. The second kappa shape index (κ2) is 8.36. The van der Waals surface area contributed by atoms with Crippen LogP contribution >= 0.6 is 0 Å². The zero-order valence-electron chi connectivity index (χ0n) is 15.6. The van der Waals surface area contributed by atoms with Crippen LogP contribution in [0.3, 0.4) is 0 Å². The van der Waals surface area contributed by atoms with Gasteiger partial charge in [0.25, 0.3) is 5.91 Å². The van der Waals surface area contributed by atoms with Crippen LogP contribution in [0.15, 0.2) is 53.4 Å². The van der Waals surface area contributed by atoms with E-state index in [1.54, 1.807) is 38.1 Å². The monoisotopic (exact) mass is 403 g/mol. The van der Waals surface area contributed by atoms with Gasteiger partial charge in [-0.3, -0.25) is 4.79 Å². The summed E-state index contributed by atoms with van der Waals surface area (Å²) in [5.41, 5.74) is 1.78. The van der Waals surface area contributed by atoms with Crippen molar-refractivity contribution >= 4 is 32.7 Å². The van der Waals surface area contributed by atoms with Crippen LogP contribution in [0, 0.1) is 0 Å². The number of fused-ring (bicyclic) bond motifs is 1. The molecule has 1 heterocycles. The maximum atomic E-state index is 12.5. The Bertz CT molecular complexity index is 1060. The number of rotatable bonds is 8. The van der Waals surface area contributed by atoms with E-state index in [1.165, 1.54) is 21.3 Å². The van der Waals surface area contributed by atoms with Crippen molar-refractivity contribution in [1.82, 2.24) is 19.5 Å². The van der Waals surface area contributed by atoms with Gasteiger partial charge in [0.1, 0.15) is 11.0 Å². The van der Waals surface area contributed by atoms with Crippen molar-refractivity contribution in [3.63, 3.8) is 0 Å². The quantitative estimate of drug-likeness (QED) is 0.611. The number of amides is 1. The lowest BCUT2D eigenvalue weighted by Gasteiger charge is -2.18. The molecule has 10 heteroatoms. The normalized spacial score (nSPS) is 11.7. The Labute approximate surface area is 162 Å². The van der Waals surface area contributed by atoms with E-state index in [1.807, 2.05) is 12.1 Å². The number of nitrogens with zero attached hydrogens (tertiary/aromatic N) is 4. The number of anilines is 1. The number of benzene rings is 2. The second-order valence-electron chi connectivity index (χ2n) is 5.89. The Morgan fingerprint density at radius 3 is 2.46 bits per heavy atom. The number of carbonyl (C=O) groups is 1.